The molecular weight excluding hydrogens is 937 g/mol. The molecule has 0 aliphatic heterocycles. The van der Waals surface area contributed by atoms with E-state index in [1.807, 2.05) is 0 Å². The second-order valence-corrected chi connectivity index (χ2v) is 22.7. The molecular formula is C70H128O6. The number of carbonyl (C=O) groups excluding carboxylic acids is 3. The quantitative estimate of drug-likeness (QED) is 0.0261. The summed E-state index contributed by atoms with van der Waals surface area (Å²) in [4.78, 5) is 38.3. The van der Waals surface area contributed by atoms with Crippen molar-refractivity contribution in [2.75, 3.05) is 13.2 Å². The Morgan fingerprint density at radius 2 is 0.500 bits per heavy atom. The van der Waals surface area contributed by atoms with Crippen LogP contribution >= 0.6 is 0 Å². The molecule has 0 rings (SSSR count). The first-order chi connectivity index (χ1) is 37.5. The normalized spacial score (nSPS) is 12.3. The summed E-state index contributed by atoms with van der Waals surface area (Å²) >= 11 is 0. The van der Waals surface area contributed by atoms with Crippen LogP contribution in [-0.2, 0) is 28.6 Å². The van der Waals surface area contributed by atoms with E-state index in [4.69, 9.17) is 14.2 Å². The first-order valence-corrected chi connectivity index (χ1v) is 33.6. The monoisotopic (exact) mass is 1060 g/mol. The van der Waals surface area contributed by atoms with Crippen molar-refractivity contribution in [3.05, 3.63) is 48.6 Å². The zero-order valence-electron chi connectivity index (χ0n) is 51.0. The van der Waals surface area contributed by atoms with Crippen LogP contribution in [0.25, 0.3) is 0 Å². The molecule has 0 bridgehead atoms. The van der Waals surface area contributed by atoms with Gasteiger partial charge in [-0.3, -0.25) is 14.4 Å². The Labute approximate surface area is 473 Å². The van der Waals surface area contributed by atoms with E-state index in [0.29, 0.717) is 19.3 Å². The van der Waals surface area contributed by atoms with Gasteiger partial charge in [0.25, 0.3) is 0 Å². The molecule has 0 aromatic heterocycles. The second-order valence-electron chi connectivity index (χ2n) is 22.7. The van der Waals surface area contributed by atoms with Gasteiger partial charge in [-0.25, -0.2) is 0 Å². The summed E-state index contributed by atoms with van der Waals surface area (Å²) in [5, 5.41) is 0. The molecule has 0 aliphatic carbocycles. The lowest BCUT2D eigenvalue weighted by molar-refractivity contribution is -0.167. The van der Waals surface area contributed by atoms with Crippen molar-refractivity contribution < 1.29 is 28.6 Å². The largest absolute Gasteiger partial charge is 0.462 e. The van der Waals surface area contributed by atoms with Crippen molar-refractivity contribution >= 4 is 17.9 Å². The van der Waals surface area contributed by atoms with Gasteiger partial charge in [0.2, 0.25) is 0 Å². The van der Waals surface area contributed by atoms with E-state index < -0.39 is 6.10 Å². The maximum absolute atomic E-state index is 12.9. The fourth-order valence-corrected chi connectivity index (χ4v) is 9.99. The van der Waals surface area contributed by atoms with Crippen LogP contribution in [-0.4, -0.2) is 37.2 Å². The molecule has 0 aromatic carbocycles. The number of unbranched alkanes of at least 4 members (excludes halogenated alkanes) is 43. The predicted molar refractivity (Wildman–Crippen MR) is 330 cm³/mol. The van der Waals surface area contributed by atoms with Gasteiger partial charge in [-0.15, -0.1) is 0 Å². The molecule has 444 valence electrons. The molecule has 0 saturated carbocycles. The molecule has 6 heteroatoms. The highest BCUT2D eigenvalue weighted by Gasteiger charge is 2.19. The standard InChI is InChI=1S/C70H128O6/c1-4-7-10-13-16-19-22-24-26-28-30-32-33-34-35-36-37-39-40-42-44-46-48-51-54-57-60-63-69(72)75-66-67(65-74-68(71)62-59-56-53-50-21-18-15-12-9-6-3)76-70(73)64-61-58-55-52-49-47-45-43-41-38-31-29-27-25-23-20-17-14-11-8-5-2/h12,15,22,24,28,30,33-34,67H,4-11,13-14,16-21,23,25-27,29,31-32,35-66H2,1-3H3/b15-12-,24-22-,30-28-,34-33-. The summed E-state index contributed by atoms with van der Waals surface area (Å²) in [6.45, 7) is 6.62. The average molecular weight is 1070 g/mol. The zero-order valence-corrected chi connectivity index (χ0v) is 51.0. The smallest absolute Gasteiger partial charge is 0.306 e. The summed E-state index contributed by atoms with van der Waals surface area (Å²) in [5.41, 5.74) is 0. The Kier molecular flexibility index (Phi) is 62.6. The van der Waals surface area contributed by atoms with E-state index in [9.17, 15) is 14.4 Å². The van der Waals surface area contributed by atoms with E-state index in [1.165, 1.54) is 238 Å². The maximum atomic E-state index is 12.9. The van der Waals surface area contributed by atoms with Gasteiger partial charge in [0.1, 0.15) is 13.2 Å². The summed E-state index contributed by atoms with van der Waals surface area (Å²) in [5.74, 6) is -0.863. The third-order valence-corrected chi connectivity index (χ3v) is 15.0. The van der Waals surface area contributed by atoms with Crippen LogP contribution in [0.4, 0.5) is 0 Å². The van der Waals surface area contributed by atoms with Gasteiger partial charge >= 0.3 is 17.9 Å². The minimum atomic E-state index is -0.775. The molecule has 0 aromatic rings. The van der Waals surface area contributed by atoms with Crippen LogP contribution in [0.3, 0.4) is 0 Å². The van der Waals surface area contributed by atoms with Crippen LogP contribution in [0.2, 0.25) is 0 Å². The molecule has 0 N–H and O–H groups in total. The van der Waals surface area contributed by atoms with E-state index in [0.717, 1.165) is 83.5 Å². The minimum absolute atomic E-state index is 0.0729. The van der Waals surface area contributed by atoms with Gasteiger partial charge in [0.05, 0.1) is 0 Å². The maximum Gasteiger partial charge on any atom is 0.306 e. The summed E-state index contributed by atoms with van der Waals surface area (Å²) in [7, 11) is 0. The van der Waals surface area contributed by atoms with Crippen molar-refractivity contribution in [2.45, 2.75) is 367 Å². The van der Waals surface area contributed by atoms with Crippen molar-refractivity contribution in [1.29, 1.82) is 0 Å². The number of allylic oxidation sites excluding steroid dienone is 8. The molecule has 6 nitrogen and oxygen atoms in total. The lowest BCUT2D eigenvalue weighted by atomic mass is 10.0. The minimum Gasteiger partial charge on any atom is -0.462 e. The Morgan fingerprint density at radius 3 is 0.803 bits per heavy atom. The fraction of sp³-hybridized carbons (Fsp3) is 0.843. The molecule has 1 atom stereocenters. The van der Waals surface area contributed by atoms with Gasteiger partial charge in [0.15, 0.2) is 6.10 Å². The topological polar surface area (TPSA) is 78.9 Å². The third kappa shape index (κ3) is 62.2. The molecule has 0 radical (unpaired) electrons. The van der Waals surface area contributed by atoms with Crippen LogP contribution in [0.1, 0.15) is 361 Å². The molecule has 0 heterocycles. The second kappa shape index (κ2) is 64.9. The number of hydrogen-bond donors (Lipinski definition) is 0. The average Bonchev–Trinajstić information content (AvgIpc) is 3.42. The van der Waals surface area contributed by atoms with Crippen LogP contribution in [0.15, 0.2) is 48.6 Å². The Morgan fingerprint density at radius 1 is 0.263 bits per heavy atom. The van der Waals surface area contributed by atoms with Crippen molar-refractivity contribution in [1.82, 2.24) is 0 Å². The molecule has 76 heavy (non-hydrogen) atoms. The van der Waals surface area contributed by atoms with Gasteiger partial charge < -0.3 is 14.2 Å². The molecule has 0 spiro atoms. The van der Waals surface area contributed by atoms with E-state index in [-0.39, 0.29) is 31.1 Å². The highest BCUT2D eigenvalue weighted by molar-refractivity contribution is 5.71. The Balaban J connectivity index is 4.18. The first kappa shape index (κ1) is 73.4. The SMILES string of the molecule is CCC/C=C\CCCCCCCC(=O)OCC(COC(=O)CCCCCCCCCCCCCC/C=C\C/C=C\C/C=C\CCCCCCC)OC(=O)CCCCCCCCCCCCCCCCCCCCCCC. The van der Waals surface area contributed by atoms with Crippen molar-refractivity contribution in [3.8, 4) is 0 Å². The fourth-order valence-electron chi connectivity index (χ4n) is 9.99. The molecule has 0 amide bonds. The number of ether oxygens (including phenoxy) is 3. The van der Waals surface area contributed by atoms with Crippen molar-refractivity contribution in [2.24, 2.45) is 0 Å². The summed E-state index contributed by atoms with van der Waals surface area (Å²) in [6.07, 6.45) is 81.4. The predicted octanol–water partition coefficient (Wildman–Crippen LogP) is 22.9. The van der Waals surface area contributed by atoms with Crippen molar-refractivity contribution in [3.63, 3.8) is 0 Å². The van der Waals surface area contributed by atoms with Crippen LogP contribution < -0.4 is 0 Å². The molecule has 1 unspecified atom stereocenters. The highest BCUT2D eigenvalue weighted by atomic mass is 16.6. The molecule has 0 fully saturated rings. The highest BCUT2D eigenvalue weighted by Crippen LogP contribution is 2.18. The van der Waals surface area contributed by atoms with Crippen LogP contribution in [0, 0.1) is 0 Å². The first-order valence-electron chi connectivity index (χ1n) is 33.6. The lowest BCUT2D eigenvalue weighted by Crippen LogP contribution is -2.30. The van der Waals surface area contributed by atoms with Gasteiger partial charge in [-0.1, -0.05) is 313 Å². The lowest BCUT2D eigenvalue weighted by Gasteiger charge is -2.18. The number of carbonyl (C=O) groups is 3. The molecule has 0 saturated heterocycles. The van der Waals surface area contributed by atoms with Gasteiger partial charge in [-0.2, -0.15) is 0 Å². The van der Waals surface area contributed by atoms with Crippen LogP contribution in [0.5, 0.6) is 0 Å². The van der Waals surface area contributed by atoms with E-state index in [1.54, 1.807) is 0 Å². The van der Waals surface area contributed by atoms with Gasteiger partial charge in [-0.05, 0) is 77.0 Å². The Hall–Kier alpha value is -2.63. The summed E-state index contributed by atoms with van der Waals surface area (Å²) < 4.78 is 16.9. The number of rotatable bonds is 62. The number of esters is 3. The third-order valence-electron chi connectivity index (χ3n) is 15.0. The van der Waals surface area contributed by atoms with E-state index >= 15 is 0 Å². The number of hydrogen-bond acceptors (Lipinski definition) is 6. The Bertz CT molecular complexity index is 1310. The molecule has 0 aliphatic rings. The summed E-state index contributed by atoms with van der Waals surface area (Å²) in [6, 6.07) is 0. The zero-order chi connectivity index (χ0) is 55.0. The van der Waals surface area contributed by atoms with Gasteiger partial charge in [0, 0.05) is 19.3 Å². The van der Waals surface area contributed by atoms with E-state index in [2.05, 4.69) is 69.4 Å².